The Morgan fingerprint density at radius 2 is 1.43 bits per heavy atom. The highest BCUT2D eigenvalue weighted by Gasteiger charge is 2.26. The lowest BCUT2D eigenvalue weighted by atomic mass is 10.1. The van der Waals surface area contributed by atoms with Gasteiger partial charge in [-0.1, -0.05) is 60.7 Å². The minimum Gasteiger partial charge on any atom is -0.349 e. The monoisotopic (exact) mass is 403 g/mol. The van der Waals surface area contributed by atoms with E-state index in [0.717, 1.165) is 11.1 Å². The Bertz CT molecular complexity index is 774. The van der Waals surface area contributed by atoms with Crippen molar-refractivity contribution in [2.24, 2.45) is 4.99 Å². The van der Waals surface area contributed by atoms with E-state index < -0.39 is 7.75 Å². The first-order valence-corrected chi connectivity index (χ1v) is 11.1. The van der Waals surface area contributed by atoms with Crippen LogP contribution in [0.4, 0.5) is 0 Å². The number of hydrogen-bond donors (Lipinski definition) is 2. The van der Waals surface area contributed by atoms with Crippen molar-refractivity contribution in [3.63, 3.8) is 0 Å². The first-order chi connectivity index (χ1) is 13.5. The number of nitrogens with one attached hydrogen (secondary N) is 2. The number of guanidine groups is 1. The van der Waals surface area contributed by atoms with Crippen LogP contribution in [-0.2, 0) is 13.6 Å². The third-order valence-electron chi connectivity index (χ3n) is 4.10. The van der Waals surface area contributed by atoms with Gasteiger partial charge in [0.05, 0.1) is 25.3 Å². The molecule has 0 aliphatic carbocycles. The molecule has 0 bridgehead atoms. The van der Waals surface area contributed by atoms with Crippen LogP contribution < -0.4 is 10.4 Å². The number of rotatable bonds is 9. The van der Waals surface area contributed by atoms with Crippen LogP contribution in [0.25, 0.3) is 0 Å². The number of hydrogen-bond acceptors (Lipinski definition) is 4. The van der Waals surface area contributed by atoms with Crippen molar-refractivity contribution in [3.05, 3.63) is 71.8 Å². The molecule has 0 radical (unpaired) electrons. The Labute approximate surface area is 168 Å². The molecule has 0 aromatic heterocycles. The molecule has 0 saturated heterocycles. The fraction of sp³-hybridized carbons (Fsp3) is 0.381. The largest absolute Gasteiger partial charge is 0.434 e. The summed E-state index contributed by atoms with van der Waals surface area (Å²) in [5, 5.41) is 6.20. The molecule has 2 N–H and O–H groups in total. The molecule has 2 aromatic rings. The predicted octanol–water partition coefficient (Wildman–Crippen LogP) is 5.23. The Balaban J connectivity index is 2.28. The number of benzene rings is 2. The first-order valence-electron chi connectivity index (χ1n) is 9.59. The molecule has 0 heterocycles. The topological polar surface area (TPSA) is 72.0 Å². The molecule has 2 aromatic carbocycles. The smallest absolute Gasteiger partial charge is 0.349 e. The Morgan fingerprint density at radius 1 is 0.929 bits per heavy atom. The number of nitrogens with zero attached hydrogens (tertiary/aromatic N) is 1. The average molecular weight is 403 g/mol. The van der Waals surface area contributed by atoms with Gasteiger partial charge in [0, 0.05) is 0 Å². The van der Waals surface area contributed by atoms with E-state index in [1.165, 1.54) is 0 Å². The van der Waals surface area contributed by atoms with Gasteiger partial charge < -0.3 is 5.32 Å². The summed E-state index contributed by atoms with van der Waals surface area (Å²) < 4.78 is 23.7. The van der Waals surface area contributed by atoms with E-state index in [9.17, 15) is 4.57 Å². The second kappa shape index (κ2) is 11.0. The fourth-order valence-corrected chi connectivity index (χ4v) is 3.96. The van der Waals surface area contributed by atoms with Gasteiger partial charge in [-0.3, -0.25) is 14.1 Å². The standard InChI is InChI=1S/C21H30N3O3P/c1-5-26-28(25,27-6-2)24-21(22-17(3)19-13-9-7-10-14-19)23-18(4)20-15-11-8-12-16-20/h7-18H,5-6H2,1-4H3,(H2,22,23,24,25)/t17-,18-/m1/s1. The van der Waals surface area contributed by atoms with Crippen molar-refractivity contribution in [2.75, 3.05) is 13.2 Å². The molecule has 0 aliphatic heterocycles. The molecule has 0 fully saturated rings. The second-order valence-corrected chi connectivity index (χ2v) is 8.02. The lowest BCUT2D eigenvalue weighted by molar-refractivity contribution is 0.215. The fourth-order valence-electron chi connectivity index (χ4n) is 2.70. The summed E-state index contributed by atoms with van der Waals surface area (Å²) in [6.45, 7) is 8.08. The van der Waals surface area contributed by atoms with Crippen LogP contribution in [0, 0.1) is 0 Å². The minimum atomic E-state index is -3.51. The summed E-state index contributed by atoms with van der Waals surface area (Å²) in [5.74, 6) is 0.373. The Morgan fingerprint density at radius 3 is 1.93 bits per heavy atom. The zero-order chi connectivity index (χ0) is 20.4. The van der Waals surface area contributed by atoms with Crippen LogP contribution in [0.15, 0.2) is 65.7 Å². The summed E-state index contributed by atoms with van der Waals surface area (Å²) >= 11 is 0. The van der Waals surface area contributed by atoms with Crippen molar-refractivity contribution in [1.82, 2.24) is 10.4 Å². The van der Waals surface area contributed by atoms with Crippen LogP contribution >= 0.6 is 7.75 Å². The Hall–Kier alpha value is -2.14. The van der Waals surface area contributed by atoms with Crippen molar-refractivity contribution >= 4 is 13.7 Å². The van der Waals surface area contributed by atoms with E-state index in [1.807, 2.05) is 74.5 Å². The highest BCUT2D eigenvalue weighted by Crippen LogP contribution is 2.43. The first kappa shape index (κ1) is 22.2. The van der Waals surface area contributed by atoms with Crippen molar-refractivity contribution in [1.29, 1.82) is 0 Å². The molecular weight excluding hydrogens is 373 g/mol. The van der Waals surface area contributed by atoms with E-state index in [2.05, 4.69) is 10.4 Å². The quantitative estimate of drug-likeness (QED) is 0.341. The molecule has 152 valence electrons. The lowest BCUT2D eigenvalue weighted by Crippen LogP contribution is -2.38. The highest BCUT2D eigenvalue weighted by molar-refractivity contribution is 7.52. The van der Waals surface area contributed by atoms with Crippen molar-refractivity contribution in [3.8, 4) is 0 Å². The van der Waals surface area contributed by atoms with Gasteiger partial charge in [0.2, 0.25) is 5.96 Å². The molecular formula is C21H30N3O3P. The van der Waals surface area contributed by atoms with Gasteiger partial charge in [-0.25, -0.2) is 9.56 Å². The summed E-state index contributed by atoms with van der Waals surface area (Å²) in [4.78, 5) is 4.72. The van der Waals surface area contributed by atoms with Gasteiger partial charge in [-0.2, -0.15) is 0 Å². The maximum absolute atomic E-state index is 13.0. The molecule has 2 atom stereocenters. The van der Waals surface area contributed by atoms with Crippen LogP contribution in [0.3, 0.4) is 0 Å². The van der Waals surface area contributed by atoms with Gasteiger partial charge in [0.1, 0.15) is 0 Å². The third-order valence-corrected chi connectivity index (χ3v) is 5.78. The summed E-state index contributed by atoms with van der Waals surface area (Å²) in [6.07, 6.45) is 0. The maximum Gasteiger partial charge on any atom is 0.434 e. The summed E-state index contributed by atoms with van der Waals surface area (Å²) in [7, 11) is -3.51. The average Bonchev–Trinajstić information content (AvgIpc) is 2.69. The molecule has 2 rings (SSSR count). The normalized spacial score (nSPS) is 14.4. The summed E-state index contributed by atoms with van der Waals surface area (Å²) in [5.41, 5.74) is 2.14. The molecule has 0 aliphatic rings. The zero-order valence-corrected chi connectivity index (χ0v) is 17.9. The van der Waals surface area contributed by atoms with Gasteiger partial charge in [0.15, 0.2) is 0 Å². The van der Waals surface area contributed by atoms with Crippen LogP contribution in [0.1, 0.15) is 50.9 Å². The predicted molar refractivity (Wildman–Crippen MR) is 114 cm³/mol. The molecule has 6 nitrogen and oxygen atoms in total. The SMILES string of the molecule is CCOP(=O)(NC(=N[C@H](C)c1ccccc1)N[C@H](C)c1ccccc1)OCC. The molecule has 28 heavy (non-hydrogen) atoms. The molecule has 0 saturated carbocycles. The van der Waals surface area contributed by atoms with E-state index >= 15 is 0 Å². The minimum absolute atomic E-state index is 0.0490. The van der Waals surface area contributed by atoms with E-state index in [4.69, 9.17) is 14.0 Å². The van der Waals surface area contributed by atoms with Crippen molar-refractivity contribution < 1.29 is 13.6 Å². The lowest BCUT2D eigenvalue weighted by Gasteiger charge is -2.24. The van der Waals surface area contributed by atoms with Crippen LogP contribution in [0.2, 0.25) is 0 Å². The van der Waals surface area contributed by atoms with E-state index in [0.29, 0.717) is 5.96 Å². The Kier molecular flexibility index (Phi) is 8.71. The summed E-state index contributed by atoms with van der Waals surface area (Å²) in [6, 6.07) is 19.7. The van der Waals surface area contributed by atoms with Crippen LogP contribution in [-0.4, -0.2) is 19.2 Å². The molecule has 0 amide bonds. The highest BCUT2D eigenvalue weighted by atomic mass is 31.2. The third kappa shape index (κ3) is 6.79. The molecule has 0 unspecified atom stereocenters. The maximum atomic E-state index is 13.0. The van der Waals surface area contributed by atoms with E-state index in [-0.39, 0.29) is 25.3 Å². The van der Waals surface area contributed by atoms with Crippen LogP contribution in [0.5, 0.6) is 0 Å². The van der Waals surface area contributed by atoms with Gasteiger partial charge in [-0.15, -0.1) is 0 Å². The van der Waals surface area contributed by atoms with Gasteiger partial charge in [-0.05, 0) is 38.8 Å². The molecule has 7 heteroatoms. The van der Waals surface area contributed by atoms with Crippen molar-refractivity contribution in [2.45, 2.75) is 39.8 Å². The van der Waals surface area contributed by atoms with Gasteiger partial charge >= 0.3 is 7.75 Å². The molecule has 0 spiro atoms. The van der Waals surface area contributed by atoms with E-state index in [1.54, 1.807) is 13.8 Å². The zero-order valence-electron chi connectivity index (χ0n) is 17.0. The van der Waals surface area contributed by atoms with Gasteiger partial charge in [0.25, 0.3) is 0 Å². The second-order valence-electron chi connectivity index (χ2n) is 6.29. The number of aliphatic imine (C=N–C) groups is 1.